The van der Waals surface area contributed by atoms with Crippen LogP contribution in [-0.2, 0) is 9.53 Å². The Bertz CT molecular complexity index is 371. The van der Waals surface area contributed by atoms with E-state index in [1.807, 2.05) is 22.6 Å². The third-order valence-corrected chi connectivity index (χ3v) is 3.36. The number of hydrogen-bond acceptors (Lipinski definition) is 3. The number of carbonyl (C=O) groups is 1. The van der Waals surface area contributed by atoms with Crippen molar-refractivity contribution in [1.82, 2.24) is 0 Å². The molecule has 21 heavy (non-hydrogen) atoms. The van der Waals surface area contributed by atoms with E-state index >= 15 is 0 Å². The highest BCUT2D eigenvalue weighted by Gasteiger charge is 2.01. The van der Waals surface area contributed by atoms with E-state index in [4.69, 9.17) is 10.3 Å². The number of nitrogens with zero attached hydrogens (tertiary/aromatic N) is 3. The van der Waals surface area contributed by atoms with Crippen LogP contribution in [0.3, 0.4) is 0 Å². The molecule has 118 valence electrons. The van der Waals surface area contributed by atoms with Gasteiger partial charge in [-0.15, -0.1) is 0 Å². The van der Waals surface area contributed by atoms with Gasteiger partial charge in [0.1, 0.15) is 0 Å². The van der Waals surface area contributed by atoms with E-state index < -0.39 is 0 Å². The van der Waals surface area contributed by atoms with E-state index in [2.05, 4.69) is 19.9 Å². The molecule has 0 aliphatic carbocycles. The Morgan fingerprint density at radius 3 is 2.52 bits per heavy atom. The van der Waals surface area contributed by atoms with Crippen molar-refractivity contribution in [2.24, 2.45) is 5.11 Å². The third-order valence-electron chi connectivity index (χ3n) is 2.98. The molecule has 0 aliphatic rings. The van der Waals surface area contributed by atoms with Gasteiger partial charge in [-0.3, -0.25) is 4.79 Å². The highest BCUT2D eigenvalue weighted by Crippen LogP contribution is 2.06. The van der Waals surface area contributed by atoms with E-state index in [1.165, 1.54) is 0 Å². The molecular formula is C15H24IN3O2. The van der Waals surface area contributed by atoms with Crippen LogP contribution in [0.1, 0.15) is 64.2 Å². The van der Waals surface area contributed by atoms with E-state index in [0.717, 1.165) is 57.8 Å². The van der Waals surface area contributed by atoms with Crippen LogP contribution in [-0.4, -0.2) is 19.1 Å². The van der Waals surface area contributed by atoms with Gasteiger partial charge >= 0.3 is 5.97 Å². The smallest absolute Gasteiger partial charge is 0.305 e. The predicted octanol–water partition coefficient (Wildman–Crippen LogP) is 5.14. The number of rotatable bonds is 13. The Labute approximate surface area is 141 Å². The molecule has 0 fully saturated rings. The zero-order valence-corrected chi connectivity index (χ0v) is 14.7. The molecule has 0 radical (unpaired) electrons. The summed E-state index contributed by atoms with van der Waals surface area (Å²) in [6.45, 7) is 1.13. The molecule has 0 aromatic carbocycles. The second-order valence-corrected chi connectivity index (χ2v) is 5.31. The number of esters is 1. The van der Waals surface area contributed by atoms with Crippen LogP contribution < -0.4 is 0 Å². The standard InChI is InChI=1S/C15H24IN3O2/c16-12-8-4-3-7-11-15(20)21-14-10-6-2-1-5-9-13-18-19-17/h1-7,9-11,13-14H2. The average Bonchev–Trinajstić information content (AvgIpc) is 2.49. The minimum absolute atomic E-state index is 0.0909. The Hall–Kier alpha value is -0.930. The molecule has 0 saturated carbocycles. The zero-order chi connectivity index (χ0) is 15.6. The summed E-state index contributed by atoms with van der Waals surface area (Å²) in [5.74, 6) is 2.88. The summed E-state index contributed by atoms with van der Waals surface area (Å²) in [7, 11) is 0. The topological polar surface area (TPSA) is 75.1 Å². The van der Waals surface area contributed by atoms with E-state index in [0.29, 0.717) is 19.6 Å². The summed E-state index contributed by atoms with van der Waals surface area (Å²) in [6.07, 6.45) is 9.53. The molecule has 0 unspecified atom stereocenters. The molecule has 0 aliphatic heterocycles. The van der Waals surface area contributed by atoms with Gasteiger partial charge in [0.15, 0.2) is 0 Å². The van der Waals surface area contributed by atoms with Crippen molar-refractivity contribution < 1.29 is 9.53 Å². The van der Waals surface area contributed by atoms with Crippen molar-refractivity contribution >= 4 is 28.6 Å². The molecule has 0 N–H and O–H groups in total. The van der Waals surface area contributed by atoms with Gasteiger partial charge in [0.05, 0.1) is 6.61 Å². The lowest BCUT2D eigenvalue weighted by atomic mass is 10.1. The summed E-state index contributed by atoms with van der Waals surface area (Å²) in [5, 5.41) is 3.49. The fourth-order valence-corrected chi connectivity index (χ4v) is 2.09. The lowest BCUT2D eigenvalue weighted by Crippen LogP contribution is -2.05. The van der Waals surface area contributed by atoms with E-state index in [9.17, 15) is 4.79 Å². The predicted molar refractivity (Wildman–Crippen MR) is 92.9 cm³/mol. The molecule has 0 amide bonds. The minimum Gasteiger partial charge on any atom is -0.466 e. The van der Waals surface area contributed by atoms with Crippen LogP contribution in [0, 0.1) is 9.85 Å². The summed E-state index contributed by atoms with van der Waals surface area (Å²) in [5.41, 5.74) is 8.11. The van der Waals surface area contributed by atoms with Gasteiger partial charge in [0.25, 0.3) is 0 Å². The van der Waals surface area contributed by atoms with Crippen molar-refractivity contribution in [2.45, 2.75) is 64.2 Å². The van der Waals surface area contributed by atoms with Gasteiger partial charge in [-0.1, -0.05) is 36.7 Å². The second kappa shape index (κ2) is 17.1. The molecular weight excluding hydrogens is 381 g/mol. The van der Waals surface area contributed by atoms with E-state index in [-0.39, 0.29) is 5.97 Å². The Morgan fingerprint density at radius 2 is 1.81 bits per heavy atom. The number of carbonyl (C=O) groups excluding carboxylic acids is 1. The largest absolute Gasteiger partial charge is 0.466 e. The highest BCUT2D eigenvalue weighted by atomic mass is 127. The van der Waals surface area contributed by atoms with Gasteiger partial charge in [0.2, 0.25) is 0 Å². The fraction of sp³-hybridized carbons (Fsp3) is 0.800. The first kappa shape index (κ1) is 20.1. The number of ether oxygens (including phenoxy) is 1. The van der Waals surface area contributed by atoms with E-state index in [1.54, 1.807) is 0 Å². The van der Waals surface area contributed by atoms with Crippen LogP contribution in [0.5, 0.6) is 0 Å². The maximum absolute atomic E-state index is 11.4. The number of hydrogen-bond donors (Lipinski definition) is 0. The number of unbranched alkanes of at least 4 members (excludes halogenated alkanes) is 7. The molecule has 6 heteroatoms. The first-order valence-corrected chi connectivity index (χ1v) is 8.64. The van der Waals surface area contributed by atoms with Crippen molar-refractivity contribution in [2.75, 3.05) is 13.2 Å². The summed E-state index contributed by atoms with van der Waals surface area (Å²) >= 11 is 2.02. The van der Waals surface area contributed by atoms with Crippen molar-refractivity contribution in [3.05, 3.63) is 10.4 Å². The van der Waals surface area contributed by atoms with Crippen LogP contribution in [0.15, 0.2) is 5.11 Å². The lowest BCUT2D eigenvalue weighted by molar-refractivity contribution is -0.143. The second-order valence-electron chi connectivity index (χ2n) is 4.77. The molecule has 0 bridgehead atoms. The van der Waals surface area contributed by atoms with Gasteiger partial charge in [0, 0.05) is 46.9 Å². The molecule has 0 atom stereocenters. The Kier molecular flexibility index (Phi) is 16.4. The van der Waals surface area contributed by atoms with Gasteiger partial charge in [-0.2, -0.15) is 0 Å². The average molecular weight is 405 g/mol. The molecule has 5 nitrogen and oxygen atoms in total. The summed E-state index contributed by atoms with van der Waals surface area (Å²) < 4.78 is 7.99. The Morgan fingerprint density at radius 1 is 1.10 bits per heavy atom. The van der Waals surface area contributed by atoms with Crippen molar-refractivity contribution in [3.8, 4) is 9.85 Å². The van der Waals surface area contributed by atoms with Crippen LogP contribution in [0.2, 0.25) is 0 Å². The lowest BCUT2D eigenvalue weighted by Gasteiger charge is -2.04. The SMILES string of the molecule is [N-]=[N+]=NCCCCCCCCOC(=O)CCCCC#CI. The monoisotopic (exact) mass is 405 g/mol. The van der Waals surface area contributed by atoms with Crippen LogP contribution >= 0.6 is 22.6 Å². The molecule has 0 aromatic rings. The maximum Gasteiger partial charge on any atom is 0.305 e. The Balaban J connectivity index is 3.20. The molecule has 0 heterocycles. The maximum atomic E-state index is 11.4. The zero-order valence-electron chi connectivity index (χ0n) is 12.5. The normalized spacial score (nSPS) is 9.38. The van der Waals surface area contributed by atoms with Gasteiger partial charge in [-0.25, -0.2) is 0 Å². The van der Waals surface area contributed by atoms with Crippen molar-refractivity contribution in [1.29, 1.82) is 0 Å². The fourth-order valence-electron chi connectivity index (χ4n) is 1.82. The highest BCUT2D eigenvalue weighted by molar-refractivity contribution is 14.1. The molecule has 0 rings (SSSR count). The first-order valence-electron chi connectivity index (χ1n) is 7.56. The first-order chi connectivity index (χ1) is 10.3. The minimum atomic E-state index is -0.0909. The summed E-state index contributed by atoms with van der Waals surface area (Å²) in [4.78, 5) is 14.1. The molecule has 0 spiro atoms. The third kappa shape index (κ3) is 17.0. The number of azide groups is 1. The van der Waals surface area contributed by atoms with Crippen molar-refractivity contribution in [3.63, 3.8) is 0 Å². The molecule has 0 aromatic heterocycles. The van der Waals surface area contributed by atoms with Crippen LogP contribution in [0.4, 0.5) is 0 Å². The molecule has 0 saturated heterocycles. The quantitative estimate of drug-likeness (QED) is 0.0810. The summed E-state index contributed by atoms with van der Waals surface area (Å²) in [6, 6.07) is 0. The van der Waals surface area contributed by atoms with Gasteiger partial charge < -0.3 is 4.74 Å². The number of halogens is 1. The van der Waals surface area contributed by atoms with Crippen LogP contribution in [0.25, 0.3) is 10.4 Å². The van der Waals surface area contributed by atoms with Gasteiger partial charge in [-0.05, 0) is 35.1 Å².